The predicted octanol–water partition coefficient (Wildman–Crippen LogP) is 4.02. The van der Waals surface area contributed by atoms with Crippen LogP contribution in [0.4, 0.5) is 13.2 Å². The van der Waals surface area contributed by atoms with Gasteiger partial charge in [0.05, 0.1) is 5.56 Å². The quantitative estimate of drug-likeness (QED) is 0.852. The summed E-state index contributed by atoms with van der Waals surface area (Å²) in [6.07, 6.45) is -1.14. The molecule has 1 aliphatic rings. The summed E-state index contributed by atoms with van der Waals surface area (Å²) in [5, 5.41) is 3.50. The molecule has 106 valence electrons. The monoisotopic (exact) mass is 271 g/mol. The minimum Gasteiger partial charge on any atom is -0.311 e. The van der Waals surface area contributed by atoms with Gasteiger partial charge in [0.15, 0.2) is 0 Å². The first-order valence-corrected chi connectivity index (χ1v) is 6.78. The minimum absolute atomic E-state index is 0.323. The summed E-state index contributed by atoms with van der Waals surface area (Å²) in [5.41, 5.74) is 0.201. The zero-order valence-electron chi connectivity index (χ0n) is 11.3. The SMILES string of the molecule is CC(Cc1cccc(C(F)(F)F)c1)C(C)NC1CC1. The molecule has 0 aliphatic heterocycles. The van der Waals surface area contributed by atoms with Gasteiger partial charge < -0.3 is 5.32 Å². The molecule has 0 saturated heterocycles. The summed E-state index contributed by atoms with van der Waals surface area (Å²) in [6.45, 7) is 4.19. The van der Waals surface area contributed by atoms with Gasteiger partial charge in [0.25, 0.3) is 0 Å². The van der Waals surface area contributed by atoms with Crippen molar-refractivity contribution in [3.8, 4) is 0 Å². The van der Waals surface area contributed by atoms with E-state index < -0.39 is 11.7 Å². The number of alkyl halides is 3. The van der Waals surface area contributed by atoms with E-state index >= 15 is 0 Å². The van der Waals surface area contributed by atoms with Crippen LogP contribution in [0, 0.1) is 5.92 Å². The molecule has 0 spiro atoms. The highest BCUT2D eigenvalue weighted by atomic mass is 19.4. The van der Waals surface area contributed by atoms with Crippen LogP contribution in [-0.2, 0) is 12.6 Å². The van der Waals surface area contributed by atoms with Crippen LogP contribution in [0.5, 0.6) is 0 Å². The second-order valence-corrected chi connectivity index (χ2v) is 5.61. The van der Waals surface area contributed by atoms with E-state index in [-0.39, 0.29) is 0 Å². The number of hydrogen-bond donors (Lipinski definition) is 1. The van der Waals surface area contributed by atoms with Gasteiger partial charge in [0.2, 0.25) is 0 Å². The van der Waals surface area contributed by atoms with Crippen LogP contribution in [0.1, 0.15) is 37.8 Å². The molecule has 2 atom stereocenters. The molecule has 1 saturated carbocycles. The van der Waals surface area contributed by atoms with E-state index in [1.54, 1.807) is 6.07 Å². The van der Waals surface area contributed by atoms with Gasteiger partial charge in [-0.2, -0.15) is 13.2 Å². The zero-order chi connectivity index (χ0) is 14.0. The zero-order valence-corrected chi connectivity index (χ0v) is 11.3. The Kier molecular flexibility index (Phi) is 4.19. The van der Waals surface area contributed by atoms with Crippen molar-refractivity contribution in [2.24, 2.45) is 5.92 Å². The van der Waals surface area contributed by atoms with Crippen LogP contribution in [0.25, 0.3) is 0 Å². The van der Waals surface area contributed by atoms with Crippen LogP contribution in [0.15, 0.2) is 24.3 Å². The molecule has 2 unspecified atom stereocenters. The molecule has 0 radical (unpaired) electrons. The Bertz CT molecular complexity index is 424. The van der Waals surface area contributed by atoms with Gasteiger partial charge in [0.1, 0.15) is 0 Å². The third kappa shape index (κ3) is 4.23. The standard InChI is InChI=1S/C15H20F3N/c1-10(11(2)19-14-6-7-14)8-12-4-3-5-13(9-12)15(16,17)18/h3-5,9-11,14,19H,6-8H2,1-2H3. The van der Waals surface area contributed by atoms with E-state index in [9.17, 15) is 13.2 Å². The molecule has 0 aromatic heterocycles. The van der Waals surface area contributed by atoms with Crippen LogP contribution in [0.3, 0.4) is 0 Å². The maximum absolute atomic E-state index is 12.6. The third-order valence-electron chi connectivity index (χ3n) is 3.74. The fraction of sp³-hybridized carbons (Fsp3) is 0.600. The van der Waals surface area contributed by atoms with E-state index in [1.807, 2.05) is 0 Å². The van der Waals surface area contributed by atoms with E-state index in [1.165, 1.54) is 25.0 Å². The van der Waals surface area contributed by atoms with Crippen molar-refractivity contribution >= 4 is 0 Å². The van der Waals surface area contributed by atoms with Crippen LogP contribution in [-0.4, -0.2) is 12.1 Å². The fourth-order valence-corrected chi connectivity index (χ4v) is 2.21. The lowest BCUT2D eigenvalue weighted by Crippen LogP contribution is -2.34. The largest absolute Gasteiger partial charge is 0.416 e. The first kappa shape index (κ1) is 14.4. The fourth-order valence-electron chi connectivity index (χ4n) is 2.21. The molecule has 19 heavy (non-hydrogen) atoms. The number of rotatable bonds is 5. The first-order valence-electron chi connectivity index (χ1n) is 6.78. The molecular formula is C15H20F3N. The number of nitrogens with one attached hydrogen (secondary N) is 1. The Labute approximate surface area is 112 Å². The molecule has 1 nitrogen and oxygen atoms in total. The highest BCUT2D eigenvalue weighted by molar-refractivity contribution is 5.26. The Morgan fingerprint density at radius 2 is 1.95 bits per heavy atom. The Morgan fingerprint density at radius 1 is 1.26 bits per heavy atom. The Morgan fingerprint density at radius 3 is 2.53 bits per heavy atom. The van der Waals surface area contributed by atoms with Gasteiger partial charge in [-0.15, -0.1) is 0 Å². The summed E-state index contributed by atoms with van der Waals surface area (Å²) < 4.78 is 37.9. The molecule has 1 N–H and O–H groups in total. The maximum atomic E-state index is 12.6. The lowest BCUT2D eigenvalue weighted by molar-refractivity contribution is -0.137. The van der Waals surface area contributed by atoms with Gasteiger partial charge in [-0.3, -0.25) is 0 Å². The maximum Gasteiger partial charge on any atom is 0.416 e. The van der Waals surface area contributed by atoms with Crippen molar-refractivity contribution in [3.63, 3.8) is 0 Å². The predicted molar refractivity (Wildman–Crippen MR) is 69.9 cm³/mol. The molecule has 4 heteroatoms. The minimum atomic E-state index is -4.25. The van der Waals surface area contributed by atoms with E-state index in [0.717, 1.165) is 11.6 Å². The molecule has 0 bridgehead atoms. The number of hydrogen-bond acceptors (Lipinski definition) is 1. The van der Waals surface area contributed by atoms with Crippen molar-refractivity contribution < 1.29 is 13.2 Å². The topological polar surface area (TPSA) is 12.0 Å². The van der Waals surface area contributed by atoms with Crippen LogP contribution >= 0.6 is 0 Å². The molecular weight excluding hydrogens is 251 g/mol. The Hall–Kier alpha value is -1.03. The normalized spacial score (nSPS) is 19.2. The number of benzene rings is 1. The van der Waals surface area contributed by atoms with Crippen molar-refractivity contribution in [1.29, 1.82) is 0 Å². The molecule has 1 fully saturated rings. The average molecular weight is 271 g/mol. The second-order valence-electron chi connectivity index (χ2n) is 5.61. The van der Waals surface area contributed by atoms with Crippen molar-refractivity contribution in [2.75, 3.05) is 0 Å². The van der Waals surface area contributed by atoms with Gasteiger partial charge in [-0.25, -0.2) is 0 Å². The van der Waals surface area contributed by atoms with Gasteiger partial charge in [0, 0.05) is 12.1 Å². The van der Waals surface area contributed by atoms with Gasteiger partial charge >= 0.3 is 6.18 Å². The lowest BCUT2D eigenvalue weighted by atomic mass is 9.94. The summed E-state index contributed by atoms with van der Waals surface area (Å²) in [5.74, 6) is 0.323. The molecule has 2 rings (SSSR count). The van der Waals surface area contributed by atoms with Gasteiger partial charge in [-0.05, 0) is 43.7 Å². The number of halogens is 3. The summed E-state index contributed by atoms with van der Waals surface area (Å²) in [7, 11) is 0. The summed E-state index contributed by atoms with van der Waals surface area (Å²) in [4.78, 5) is 0. The highest BCUT2D eigenvalue weighted by Crippen LogP contribution is 2.30. The highest BCUT2D eigenvalue weighted by Gasteiger charge is 2.30. The molecule has 0 amide bonds. The molecule has 1 aliphatic carbocycles. The van der Waals surface area contributed by atoms with Crippen LogP contribution in [0.2, 0.25) is 0 Å². The van der Waals surface area contributed by atoms with Crippen molar-refractivity contribution in [1.82, 2.24) is 5.32 Å². The molecule has 0 heterocycles. The smallest absolute Gasteiger partial charge is 0.311 e. The molecule has 1 aromatic carbocycles. The van der Waals surface area contributed by atoms with Crippen molar-refractivity contribution in [2.45, 2.75) is 51.4 Å². The lowest BCUT2D eigenvalue weighted by Gasteiger charge is -2.21. The van der Waals surface area contributed by atoms with E-state index in [4.69, 9.17) is 0 Å². The van der Waals surface area contributed by atoms with E-state index in [2.05, 4.69) is 19.2 Å². The van der Waals surface area contributed by atoms with E-state index in [0.29, 0.717) is 24.4 Å². The summed E-state index contributed by atoms with van der Waals surface area (Å²) in [6, 6.07) is 6.61. The Balaban J connectivity index is 1.97. The second kappa shape index (κ2) is 5.53. The third-order valence-corrected chi connectivity index (χ3v) is 3.74. The average Bonchev–Trinajstić information content (AvgIpc) is 3.12. The van der Waals surface area contributed by atoms with Crippen molar-refractivity contribution in [3.05, 3.63) is 35.4 Å². The van der Waals surface area contributed by atoms with Crippen LogP contribution < -0.4 is 5.32 Å². The summed E-state index contributed by atoms with van der Waals surface area (Å²) >= 11 is 0. The molecule has 1 aromatic rings. The van der Waals surface area contributed by atoms with Gasteiger partial charge in [-0.1, -0.05) is 25.1 Å². The first-order chi connectivity index (χ1) is 8.86.